The lowest BCUT2D eigenvalue weighted by atomic mass is 10.1. The van der Waals surface area contributed by atoms with Gasteiger partial charge in [0.25, 0.3) is 0 Å². The third kappa shape index (κ3) is 6.44. The second-order valence-electron chi connectivity index (χ2n) is 4.96. The smallest absolute Gasteiger partial charge is 0.0687 e. The molecule has 0 aliphatic carbocycles. The van der Waals surface area contributed by atoms with E-state index in [2.05, 4.69) is 35.6 Å². The van der Waals surface area contributed by atoms with Gasteiger partial charge in [-0.25, -0.2) is 0 Å². The molecule has 2 heteroatoms. The van der Waals surface area contributed by atoms with Gasteiger partial charge in [0, 0.05) is 6.54 Å². The zero-order valence-corrected chi connectivity index (χ0v) is 11.0. The summed E-state index contributed by atoms with van der Waals surface area (Å²) in [6.07, 6.45) is 3.30. The first-order chi connectivity index (χ1) is 8.20. The Morgan fingerprint density at radius 1 is 1.12 bits per heavy atom. The molecule has 0 fully saturated rings. The van der Waals surface area contributed by atoms with Crippen LogP contribution in [-0.2, 0) is 6.42 Å². The molecule has 2 N–H and O–H groups in total. The SMILES string of the molecule is CC(C)C(O)CNCCCCc1ccccc1. The maximum Gasteiger partial charge on any atom is 0.0687 e. The standard InChI is InChI=1S/C15H25NO/c1-13(2)15(17)12-16-11-7-6-10-14-8-4-3-5-9-14/h3-5,8-9,13,15-17H,6-7,10-12H2,1-2H3. The van der Waals surface area contributed by atoms with Gasteiger partial charge in [0.05, 0.1) is 6.10 Å². The van der Waals surface area contributed by atoms with Crippen LogP contribution >= 0.6 is 0 Å². The average Bonchev–Trinajstić information content (AvgIpc) is 2.34. The molecule has 0 saturated heterocycles. The number of rotatable bonds is 8. The van der Waals surface area contributed by atoms with Gasteiger partial charge in [-0.15, -0.1) is 0 Å². The highest BCUT2D eigenvalue weighted by atomic mass is 16.3. The molecule has 1 aromatic carbocycles. The maximum absolute atomic E-state index is 9.60. The van der Waals surface area contributed by atoms with E-state index in [9.17, 15) is 5.11 Å². The molecule has 17 heavy (non-hydrogen) atoms. The van der Waals surface area contributed by atoms with Crippen molar-refractivity contribution in [2.75, 3.05) is 13.1 Å². The van der Waals surface area contributed by atoms with Crippen molar-refractivity contribution in [3.8, 4) is 0 Å². The monoisotopic (exact) mass is 235 g/mol. The molecule has 0 heterocycles. The lowest BCUT2D eigenvalue weighted by Crippen LogP contribution is -2.31. The average molecular weight is 235 g/mol. The summed E-state index contributed by atoms with van der Waals surface area (Å²) in [6, 6.07) is 10.6. The Morgan fingerprint density at radius 3 is 2.47 bits per heavy atom. The fraction of sp³-hybridized carbons (Fsp3) is 0.600. The Balaban J connectivity index is 1.98. The molecular weight excluding hydrogens is 210 g/mol. The summed E-state index contributed by atoms with van der Waals surface area (Å²) in [5.41, 5.74) is 1.41. The van der Waals surface area contributed by atoms with Crippen LogP contribution in [0, 0.1) is 5.92 Å². The molecule has 2 nitrogen and oxygen atoms in total. The van der Waals surface area contributed by atoms with Crippen molar-refractivity contribution in [3.63, 3.8) is 0 Å². The number of hydrogen-bond donors (Lipinski definition) is 2. The van der Waals surface area contributed by atoms with E-state index in [1.54, 1.807) is 0 Å². The number of hydrogen-bond acceptors (Lipinski definition) is 2. The topological polar surface area (TPSA) is 32.3 Å². The van der Waals surface area contributed by atoms with Crippen molar-refractivity contribution in [2.24, 2.45) is 5.92 Å². The fourth-order valence-corrected chi connectivity index (χ4v) is 1.71. The van der Waals surface area contributed by atoms with Crippen molar-refractivity contribution in [1.29, 1.82) is 0 Å². The molecular formula is C15H25NO. The van der Waals surface area contributed by atoms with Gasteiger partial charge in [-0.05, 0) is 37.3 Å². The summed E-state index contributed by atoms with van der Waals surface area (Å²) in [4.78, 5) is 0. The molecule has 0 bridgehead atoms. The lowest BCUT2D eigenvalue weighted by Gasteiger charge is -2.14. The van der Waals surface area contributed by atoms with Gasteiger partial charge in [0.2, 0.25) is 0 Å². The van der Waals surface area contributed by atoms with Crippen LogP contribution in [0.1, 0.15) is 32.3 Å². The third-order valence-corrected chi connectivity index (χ3v) is 3.03. The van der Waals surface area contributed by atoms with Gasteiger partial charge in [-0.3, -0.25) is 0 Å². The molecule has 0 aromatic heterocycles. The Bertz CT molecular complexity index is 284. The highest BCUT2D eigenvalue weighted by molar-refractivity contribution is 5.14. The van der Waals surface area contributed by atoms with Gasteiger partial charge in [-0.2, -0.15) is 0 Å². The largest absolute Gasteiger partial charge is 0.392 e. The summed E-state index contributed by atoms with van der Waals surface area (Å²) >= 11 is 0. The van der Waals surface area contributed by atoms with Crippen LogP contribution in [0.15, 0.2) is 30.3 Å². The van der Waals surface area contributed by atoms with Crippen LogP contribution < -0.4 is 5.32 Å². The van der Waals surface area contributed by atoms with E-state index in [0.29, 0.717) is 12.5 Å². The molecule has 1 rings (SSSR count). The van der Waals surface area contributed by atoms with Crippen LogP contribution in [0.25, 0.3) is 0 Å². The summed E-state index contributed by atoms with van der Waals surface area (Å²) in [6.45, 7) is 5.79. The quantitative estimate of drug-likeness (QED) is 0.679. The van der Waals surface area contributed by atoms with Crippen molar-refractivity contribution in [2.45, 2.75) is 39.2 Å². The first-order valence-electron chi connectivity index (χ1n) is 6.63. The van der Waals surface area contributed by atoms with E-state index < -0.39 is 0 Å². The highest BCUT2D eigenvalue weighted by Crippen LogP contribution is 2.04. The molecule has 0 radical (unpaired) electrons. The molecule has 1 atom stereocenters. The second kappa shape index (κ2) is 8.26. The summed E-state index contributed by atoms with van der Waals surface area (Å²) in [5, 5.41) is 12.9. The van der Waals surface area contributed by atoms with E-state index in [1.165, 1.54) is 18.4 Å². The first kappa shape index (κ1) is 14.2. The zero-order chi connectivity index (χ0) is 12.5. The van der Waals surface area contributed by atoms with Crippen LogP contribution in [0.2, 0.25) is 0 Å². The van der Waals surface area contributed by atoms with E-state index in [4.69, 9.17) is 0 Å². The maximum atomic E-state index is 9.60. The van der Waals surface area contributed by atoms with Crippen LogP contribution in [0.3, 0.4) is 0 Å². The summed E-state index contributed by atoms with van der Waals surface area (Å²) in [5.74, 6) is 0.340. The van der Waals surface area contributed by atoms with Crippen molar-refractivity contribution in [1.82, 2.24) is 5.32 Å². The minimum Gasteiger partial charge on any atom is -0.392 e. The minimum atomic E-state index is -0.218. The van der Waals surface area contributed by atoms with E-state index in [-0.39, 0.29) is 6.10 Å². The highest BCUT2D eigenvalue weighted by Gasteiger charge is 2.07. The van der Waals surface area contributed by atoms with Gasteiger partial charge in [0.15, 0.2) is 0 Å². The Hall–Kier alpha value is -0.860. The minimum absolute atomic E-state index is 0.218. The van der Waals surface area contributed by atoms with Crippen molar-refractivity contribution < 1.29 is 5.11 Å². The van der Waals surface area contributed by atoms with Crippen LogP contribution in [0.5, 0.6) is 0 Å². The van der Waals surface area contributed by atoms with E-state index in [0.717, 1.165) is 13.0 Å². The summed E-state index contributed by atoms with van der Waals surface area (Å²) < 4.78 is 0. The number of unbranched alkanes of at least 4 members (excludes halogenated alkanes) is 1. The van der Waals surface area contributed by atoms with Gasteiger partial charge in [-0.1, -0.05) is 44.2 Å². The fourth-order valence-electron chi connectivity index (χ4n) is 1.71. The molecule has 0 amide bonds. The molecule has 0 spiro atoms. The normalized spacial score (nSPS) is 12.9. The molecule has 0 saturated carbocycles. The van der Waals surface area contributed by atoms with Crippen LogP contribution in [-0.4, -0.2) is 24.3 Å². The lowest BCUT2D eigenvalue weighted by molar-refractivity contribution is 0.124. The molecule has 0 aliphatic rings. The number of nitrogens with one attached hydrogen (secondary N) is 1. The van der Waals surface area contributed by atoms with E-state index >= 15 is 0 Å². The second-order valence-corrected chi connectivity index (χ2v) is 4.96. The number of aliphatic hydroxyl groups is 1. The number of aliphatic hydroxyl groups excluding tert-OH is 1. The van der Waals surface area contributed by atoms with Crippen molar-refractivity contribution >= 4 is 0 Å². The zero-order valence-electron chi connectivity index (χ0n) is 11.0. The van der Waals surface area contributed by atoms with Gasteiger partial charge in [0.1, 0.15) is 0 Å². The Labute approximate surface area is 105 Å². The molecule has 96 valence electrons. The Kier molecular flexibility index (Phi) is 6.90. The van der Waals surface area contributed by atoms with Gasteiger partial charge < -0.3 is 10.4 Å². The molecule has 1 aromatic rings. The van der Waals surface area contributed by atoms with Crippen molar-refractivity contribution in [3.05, 3.63) is 35.9 Å². The Morgan fingerprint density at radius 2 is 1.82 bits per heavy atom. The van der Waals surface area contributed by atoms with Crippen LogP contribution in [0.4, 0.5) is 0 Å². The predicted octanol–water partition coefficient (Wildman–Crippen LogP) is 2.62. The van der Waals surface area contributed by atoms with Gasteiger partial charge >= 0.3 is 0 Å². The predicted molar refractivity (Wildman–Crippen MR) is 73.1 cm³/mol. The number of aryl methyl sites for hydroxylation is 1. The summed E-state index contributed by atoms with van der Waals surface area (Å²) in [7, 11) is 0. The molecule has 1 unspecified atom stereocenters. The first-order valence-corrected chi connectivity index (χ1v) is 6.63. The molecule has 0 aliphatic heterocycles. The third-order valence-electron chi connectivity index (χ3n) is 3.03. The van der Waals surface area contributed by atoms with E-state index in [1.807, 2.05) is 13.8 Å². The number of benzene rings is 1.